The van der Waals surface area contributed by atoms with E-state index >= 15 is 0 Å². The fraction of sp³-hybridized carbons (Fsp3) is 0.625. The smallest absolute Gasteiger partial charge is 0.247 e. The number of fused-ring (bicyclic) bond motifs is 1. The van der Waals surface area contributed by atoms with Gasteiger partial charge in [-0.3, -0.25) is 5.10 Å². The highest BCUT2D eigenvalue weighted by atomic mass is 15.3. The first kappa shape index (κ1) is 14.2. The minimum Gasteiger partial charge on any atom is -0.337 e. The number of rotatable bonds is 6. The Hall–Kier alpha value is -2.22. The fourth-order valence-electron chi connectivity index (χ4n) is 4.13. The van der Waals surface area contributed by atoms with Gasteiger partial charge in [0.15, 0.2) is 0 Å². The summed E-state index contributed by atoms with van der Waals surface area (Å²) in [7, 11) is 2.03. The van der Waals surface area contributed by atoms with Crippen LogP contribution in [0.1, 0.15) is 37.4 Å². The van der Waals surface area contributed by atoms with E-state index in [0.29, 0.717) is 23.3 Å². The standard InChI is InChI=1S/C16H22N8/c1-17-8-16-6-11(7-16)24(9-16)15-18-5-4-12(20-15)19-14-21-13(22-23-14)10-2-3-10/h4-5,10-11,17H,2-3,6-9H2,1H3,(H2,18,19,20,21,22,23). The third-order valence-corrected chi connectivity index (χ3v) is 5.44. The van der Waals surface area contributed by atoms with Crippen molar-refractivity contribution < 1.29 is 0 Å². The second kappa shape index (κ2) is 5.14. The first-order chi connectivity index (χ1) is 11.7. The van der Waals surface area contributed by atoms with Crippen LogP contribution in [0.25, 0.3) is 0 Å². The molecule has 4 fully saturated rings. The number of hydrogen-bond acceptors (Lipinski definition) is 7. The average molecular weight is 326 g/mol. The van der Waals surface area contributed by atoms with Crippen LogP contribution in [0.2, 0.25) is 0 Å². The van der Waals surface area contributed by atoms with Crippen molar-refractivity contribution in [2.45, 2.75) is 37.6 Å². The Labute approximate surface area is 140 Å². The molecule has 0 aromatic carbocycles. The Morgan fingerprint density at radius 3 is 3.00 bits per heavy atom. The number of H-pyrrole nitrogens is 1. The Morgan fingerprint density at radius 1 is 1.33 bits per heavy atom. The molecule has 2 aliphatic heterocycles. The van der Waals surface area contributed by atoms with Crippen molar-refractivity contribution in [3.63, 3.8) is 0 Å². The summed E-state index contributed by atoms with van der Waals surface area (Å²) in [6.45, 7) is 2.10. The van der Waals surface area contributed by atoms with Gasteiger partial charge in [-0.25, -0.2) is 4.98 Å². The average Bonchev–Trinajstić information content (AvgIpc) is 3.04. The van der Waals surface area contributed by atoms with Crippen LogP contribution in [0.15, 0.2) is 12.3 Å². The lowest BCUT2D eigenvalue weighted by atomic mass is 9.70. The molecule has 6 rings (SSSR count). The molecule has 8 nitrogen and oxygen atoms in total. The second-order valence-corrected chi connectivity index (χ2v) is 7.41. The monoisotopic (exact) mass is 326 g/mol. The highest BCUT2D eigenvalue weighted by Crippen LogP contribution is 2.52. The van der Waals surface area contributed by atoms with Gasteiger partial charge in [-0.1, -0.05) is 0 Å². The Balaban J connectivity index is 1.31. The van der Waals surface area contributed by atoms with E-state index in [1.807, 2.05) is 13.1 Å². The molecule has 126 valence electrons. The molecule has 0 atom stereocenters. The van der Waals surface area contributed by atoms with Crippen LogP contribution < -0.4 is 15.5 Å². The zero-order valence-corrected chi connectivity index (χ0v) is 13.8. The Bertz CT molecular complexity index is 746. The van der Waals surface area contributed by atoms with Crippen molar-refractivity contribution in [3.05, 3.63) is 18.1 Å². The van der Waals surface area contributed by atoms with Gasteiger partial charge < -0.3 is 15.5 Å². The van der Waals surface area contributed by atoms with Gasteiger partial charge in [0, 0.05) is 36.7 Å². The van der Waals surface area contributed by atoms with Crippen molar-refractivity contribution in [1.82, 2.24) is 30.5 Å². The van der Waals surface area contributed by atoms with Crippen molar-refractivity contribution in [2.75, 3.05) is 30.4 Å². The maximum Gasteiger partial charge on any atom is 0.247 e. The predicted octanol–water partition coefficient (Wildman–Crippen LogP) is 1.40. The summed E-state index contributed by atoms with van der Waals surface area (Å²) in [5, 5.41) is 13.7. The summed E-state index contributed by atoms with van der Waals surface area (Å²) < 4.78 is 0. The van der Waals surface area contributed by atoms with Gasteiger partial charge in [-0.15, -0.1) is 5.10 Å². The van der Waals surface area contributed by atoms with Gasteiger partial charge >= 0.3 is 0 Å². The summed E-state index contributed by atoms with van der Waals surface area (Å²) >= 11 is 0. The van der Waals surface area contributed by atoms with Crippen LogP contribution in [0, 0.1) is 5.41 Å². The van der Waals surface area contributed by atoms with E-state index in [0.717, 1.165) is 30.7 Å². The second-order valence-electron chi connectivity index (χ2n) is 7.41. The maximum absolute atomic E-state index is 4.68. The van der Waals surface area contributed by atoms with E-state index in [1.54, 1.807) is 6.20 Å². The normalized spacial score (nSPS) is 28.0. The first-order valence-corrected chi connectivity index (χ1v) is 8.68. The van der Waals surface area contributed by atoms with Crippen LogP contribution in [0.3, 0.4) is 0 Å². The molecule has 4 heterocycles. The van der Waals surface area contributed by atoms with E-state index in [2.05, 4.69) is 40.7 Å². The third-order valence-electron chi connectivity index (χ3n) is 5.44. The Kier molecular flexibility index (Phi) is 3.03. The fourth-order valence-corrected chi connectivity index (χ4v) is 4.13. The number of aromatic amines is 1. The molecule has 0 amide bonds. The van der Waals surface area contributed by atoms with Gasteiger partial charge in [-0.05, 0) is 38.8 Å². The SMILES string of the molecule is CNCC12CC(C1)N(c1nccc(Nc3n[nH]c(C4CC4)n3)n1)C2. The van der Waals surface area contributed by atoms with Gasteiger partial charge in [-0.2, -0.15) is 9.97 Å². The van der Waals surface area contributed by atoms with Crippen LogP contribution in [-0.2, 0) is 0 Å². The van der Waals surface area contributed by atoms with E-state index in [-0.39, 0.29) is 0 Å². The minimum absolute atomic E-state index is 0.412. The van der Waals surface area contributed by atoms with Crippen molar-refractivity contribution in [2.24, 2.45) is 5.41 Å². The molecule has 8 heteroatoms. The third kappa shape index (κ3) is 2.32. The quantitative estimate of drug-likeness (QED) is 0.738. The molecule has 2 aliphatic carbocycles. The molecular weight excluding hydrogens is 304 g/mol. The number of aromatic nitrogens is 5. The molecule has 2 bridgehead atoms. The molecule has 3 N–H and O–H groups in total. The van der Waals surface area contributed by atoms with Crippen molar-refractivity contribution >= 4 is 17.7 Å². The summed E-state index contributed by atoms with van der Waals surface area (Å²) in [5.41, 5.74) is 0.412. The molecule has 0 spiro atoms. The molecule has 0 unspecified atom stereocenters. The largest absolute Gasteiger partial charge is 0.337 e. The van der Waals surface area contributed by atoms with E-state index in [1.165, 1.54) is 25.7 Å². The summed E-state index contributed by atoms with van der Waals surface area (Å²) in [5.74, 6) is 3.67. The lowest BCUT2D eigenvalue weighted by Crippen LogP contribution is -2.41. The van der Waals surface area contributed by atoms with Crippen LogP contribution in [-0.4, -0.2) is 51.3 Å². The lowest BCUT2D eigenvalue weighted by molar-refractivity contribution is 0.196. The molecule has 2 saturated carbocycles. The molecule has 2 aromatic heterocycles. The van der Waals surface area contributed by atoms with E-state index in [4.69, 9.17) is 0 Å². The molecular formula is C16H22N8. The van der Waals surface area contributed by atoms with Crippen molar-refractivity contribution in [3.8, 4) is 0 Å². The highest BCUT2D eigenvalue weighted by Gasteiger charge is 2.55. The van der Waals surface area contributed by atoms with Gasteiger partial charge in [0.2, 0.25) is 11.9 Å². The topological polar surface area (TPSA) is 94.7 Å². The van der Waals surface area contributed by atoms with Crippen LogP contribution in [0.4, 0.5) is 17.7 Å². The summed E-state index contributed by atoms with van der Waals surface area (Å²) in [4.78, 5) is 16.0. The number of nitrogens with zero attached hydrogens (tertiary/aromatic N) is 5. The van der Waals surface area contributed by atoms with E-state index in [9.17, 15) is 0 Å². The maximum atomic E-state index is 4.68. The zero-order valence-electron chi connectivity index (χ0n) is 13.8. The number of hydrogen-bond donors (Lipinski definition) is 3. The zero-order chi connectivity index (χ0) is 16.1. The van der Waals surface area contributed by atoms with Crippen LogP contribution in [0.5, 0.6) is 0 Å². The molecule has 4 aliphatic rings. The van der Waals surface area contributed by atoms with E-state index < -0.39 is 0 Å². The lowest BCUT2D eigenvalue weighted by Gasteiger charge is -2.36. The van der Waals surface area contributed by atoms with Crippen molar-refractivity contribution in [1.29, 1.82) is 0 Å². The highest BCUT2D eigenvalue weighted by molar-refractivity contribution is 5.51. The summed E-state index contributed by atoms with van der Waals surface area (Å²) in [6.07, 6.45) is 6.69. The molecule has 24 heavy (non-hydrogen) atoms. The number of anilines is 3. The van der Waals surface area contributed by atoms with Gasteiger partial charge in [0.25, 0.3) is 0 Å². The van der Waals surface area contributed by atoms with Crippen LogP contribution >= 0.6 is 0 Å². The summed E-state index contributed by atoms with van der Waals surface area (Å²) in [6, 6.07) is 2.44. The molecule has 2 aromatic rings. The first-order valence-electron chi connectivity index (χ1n) is 8.68. The minimum atomic E-state index is 0.412. The molecule has 2 saturated heterocycles. The van der Waals surface area contributed by atoms with Gasteiger partial charge in [0.05, 0.1) is 0 Å². The predicted molar refractivity (Wildman–Crippen MR) is 90.4 cm³/mol. The Morgan fingerprint density at radius 2 is 2.21 bits per heavy atom. The molecule has 0 radical (unpaired) electrons. The number of nitrogens with one attached hydrogen (secondary N) is 3. The van der Waals surface area contributed by atoms with Gasteiger partial charge in [0.1, 0.15) is 11.6 Å².